The minimum atomic E-state index is -4.78. The van der Waals surface area contributed by atoms with Crippen molar-refractivity contribution >= 4 is 23.2 Å². The number of halogens is 4. The third-order valence-corrected chi connectivity index (χ3v) is 7.80. The Kier molecular flexibility index (Phi) is 5.53. The number of nitrogens with one attached hydrogen (secondary N) is 3. The molecule has 0 aromatic carbocycles. The average molecular weight is 552 g/mol. The zero-order valence-corrected chi connectivity index (χ0v) is 20.5. The van der Waals surface area contributed by atoms with Crippen molar-refractivity contribution in [3.63, 3.8) is 0 Å². The molecule has 4 saturated carbocycles. The van der Waals surface area contributed by atoms with Crippen LogP contribution in [0.15, 0.2) is 18.3 Å². The number of aromatic amines is 1. The van der Waals surface area contributed by atoms with Gasteiger partial charge >= 0.3 is 12.5 Å². The Morgan fingerprint density at radius 2 is 2.05 bits per heavy atom. The number of alkyl carbamates (subject to hydrolysis) is 1. The molecule has 3 atom stereocenters. The predicted molar refractivity (Wildman–Crippen MR) is 125 cm³/mol. The molecule has 0 unspecified atom stereocenters. The molecular formula is C24H25F4N7O4. The van der Waals surface area contributed by atoms with Gasteiger partial charge in [-0.2, -0.15) is 10.2 Å². The highest BCUT2D eigenvalue weighted by Gasteiger charge is 2.58. The summed E-state index contributed by atoms with van der Waals surface area (Å²) < 4.78 is 69.0. The normalized spacial score (nSPS) is 29.6. The minimum Gasteiger partial charge on any atom is -0.441 e. The number of ether oxygens (including phenoxy) is 3. The van der Waals surface area contributed by atoms with Crippen LogP contribution in [0.1, 0.15) is 61.2 Å². The molecule has 0 radical (unpaired) electrons. The van der Waals surface area contributed by atoms with Gasteiger partial charge in [0, 0.05) is 17.5 Å². The highest BCUT2D eigenvalue weighted by atomic mass is 19.4. The van der Waals surface area contributed by atoms with Gasteiger partial charge in [-0.05, 0) is 44.1 Å². The van der Waals surface area contributed by atoms with Crippen LogP contribution in [-0.4, -0.2) is 61.7 Å². The summed E-state index contributed by atoms with van der Waals surface area (Å²) in [6.45, 7) is -0.837. The van der Waals surface area contributed by atoms with E-state index >= 15 is 4.39 Å². The van der Waals surface area contributed by atoms with Gasteiger partial charge in [0.05, 0.1) is 29.9 Å². The fraction of sp³-hybridized carbons (Fsp3) is 0.583. The van der Waals surface area contributed by atoms with Crippen molar-refractivity contribution in [3.8, 4) is 0 Å². The lowest BCUT2D eigenvalue weighted by atomic mass is 9.50. The van der Waals surface area contributed by atoms with Crippen LogP contribution in [0.2, 0.25) is 0 Å². The fourth-order valence-electron chi connectivity index (χ4n) is 5.58. The third kappa shape index (κ3) is 4.77. The van der Waals surface area contributed by atoms with Crippen LogP contribution in [-0.2, 0) is 20.8 Å². The zero-order chi connectivity index (χ0) is 26.9. The number of anilines is 2. The Hall–Kier alpha value is -3.46. The Morgan fingerprint density at radius 1 is 1.26 bits per heavy atom. The van der Waals surface area contributed by atoms with Crippen LogP contribution >= 0.6 is 0 Å². The molecule has 11 nitrogen and oxygen atoms in total. The van der Waals surface area contributed by atoms with Crippen LogP contribution < -0.4 is 10.6 Å². The molecule has 5 fully saturated rings. The Balaban J connectivity index is 1.05. The summed E-state index contributed by atoms with van der Waals surface area (Å²) in [5.74, 6) is 1.55. The molecule has 8 rings (SSSR count). The third-order valence-electron chi connectivity index (χ3n) is 7.80. The van der Waals surface area contributed by atoms with Gasteiger partial charge in [0.15, 0.2) is 23.9 Å². The SMILES string of the molecule is O=C(NC12CC(C1)C2)O[C@H]1CO[C@@H](c2cc(Nc3nc(C4CC4)cn4nc(COC(F)(F)F)cc34)n[nH]2)[C@H]1F. The summed E-state index contributed by atoms with van der Waals surface area (Å²) in [7, 11) is 0. The number of fused-ring (bicyclic) bond motifs is 1. The molecule has 4 aliphatic carbocycles. The van der Waals surface area contributed by atoms with E-state index in [9.17, 15) is 18.0 Å². The topological polar surface area (TPSA) is 128 Å². The molecule has 0 spiro atoms. The van der Waals surface area contributed by atoms with Crippen LogP contribution in [0.3, 0.4) is 0 Å². The number of aromatic nitrogens is 5. The molecule has 2 bridgehead atoms. The molecule has 1 saturated heterocycles. The van der Waals surface area contributed by atoms with Gasteiger partial charge in [0.2, 0.25) is 0 Å². The summed E-state index contributed by atoms with van der Waals surface area (Å²) in [6.07, 6.45) is -2.66. The van der Waals surface area contributed by atoms with Gasteiger partial charge in [0.1, 0.15) is 18.2 Å². The predicted octanol–water partition coefficient (Wildman–Crippen LogP) is 4.17. The minimum absolute atomic E-state index is 0.0802. The maximum Gasteiger partial charge on any atom is 0.522 e. The van der Waals surface area contributed by atoms with Gasteiger partial charge in [-0.1, -0.05) is 0 Å². The Morgan fingerprint density at radius 3 is 2.74 bits per heavy atom. The first-order chi connectivity index (χ1) is 18.6. The van der Waals surface area contributed by atoms with E-state index in [4.69, 9.17) is 9.47 Å². The first-order valence-corrected chi connectivity index (χ1v) is 12.8. The Bertz CT molecular complexity index is 1400. The van der Waals surface area contributed by atoms with E-state index in [1.54, 1.807) is 12.3 Å². The number of hydrogen-bond acceptors (Lipinski definition) is 8. The number of alkyl halides is 4. The van der Waals surface area contributed by atoms with E-state index in [-0.39, 0.29) is 23.8 Å². The second kappa shape index (κ2) is 8.78. The van der Waals surface area contributed by atoms with Crippen LogP contribution in [0, 0.1) is 5.92 Å². The Labute approximate surface area is 218 Å². The van der Waals surface area contributed by atoms with Crippen molar-refractivity contribution in [2.45, 2.75) is 74.9 Å². The quantitative estimate of drug-likeness (QED) is 0.356. The smallest absolute Gasteiger partial charge is 0.441 e. The van der Waals surface area contributed by atoms with Crippen molar-refractivity contribution in [2.75, 3.05) is 11.9 Å². The molecule has 1 amide bonds. The zero-order valence-electron chi connectivity index (χ0n) is 20.5. The summed E-state index contributed by atoms with van der Waals surface area (Å²) in [6, 6.07) is 3.00. The highest BCUT2D eigenvalue weighted by molar-refractivity contribution is 5.73. The largest absolute Gasteiger partial charge is 0.522 e. The first-order valence-electron chi connectivity index (χ1n) is 12.8. The number of H-pyrrole nitrogens is 1. The van der Waals surface area contributed by atoms with Gasteiger partial charge in [-0.3, -0.25) is 9.84 Å². The molecule has 3 aromatic rings. The molecular weight excluding hydrogens is 526 g/mol. The molecule has 208 valence electrons. The molecule has 3 N–H and O–H groups in total. The van der Waals surface area contributed by atoms with Crippen molar-refractivity contribution in [3.05, 3.63) is 35.4 Å². The van der Waals surface area contributed by atoms with E-state index in [2.05, 4.69) is 35.7 Å². The highest BCUT2D eigenvalue weighted by Crippen LogP contribution is 2.57. The van der Waals surface area contributed by atoms with E-state index in [0.717, 1.165) is 37.8 Å². The second-order valence-electron chi connectivity index (χ2n) is 10.8. The van der Waals surface area contributed by atoms with Crippen LogP contribution in [0.5, 0.6) is 0 Å². The lowest BCUT2D eigenvalue weighted by Gasteiger charge is -2.61. The summed E-state index contributed by atoms with van der Waals surface area (Å²) in [5.41, 5.74) is 1.41. The van der Waals surface area contributed by atoms with E-state index in [1.807, 2.05) is 0 Å². The molecule has 1 aliphatic heterocycles. The first kappa shape index (κ1) is 24.6. The van der Waals surface area contributed by atoms with Gasteiger partial charge in [-0.25, -0.2) is 18.7 Å². The number of rotatable bonds is 8. The van der Waals surface area contributed by atoms with E-state index in [0.29, 0.717) is 28.8 Å². The number of amides is 1. The molecule has 5 aliphatic rings. The van der Waals surface area contributed by atoms with E-state index in [1.165, 1.54) is 10.6 Å². The lowest BCUT2D eigenvalue weighted by Crippen LogP contribution is -2.68. The summed E-state index contributed by atoms with van der Waals surface area (Å²) in [5, 5.41) is 17.0. The standard InChI is InChI=1S/C24H25F4N7O4/c25-19-17(39-22(36)31-23-5-11(6-23)7-23)10-37-20(19)14-4-18(33-32-14)30-21-16-3-13(9-38-24(26,27)28)34-35(16)8-15(29-21)12-1-2-12/h3-4,8,11-12,17,19-20H,1-2,5-7,9-10H2,(H,31,36)(H2,29,30,32,33)/t11?,17-,19-,20-,23?/m0/s1. The van der Waals surface area contributed by atoms with Crippen molar-refractivity contribution in [1.29, 1.82) is 0 Å². The van der Waals surface area contributed by atoms with Crippen molar-refractivity contribution < 1.29 is 36.6 Å². The van der Waals surface area contributed by atoms with Gasteiger partial charge in [0.25, 0.3) is 0 Å². The average Bonchev–Trinajstić information content (AvgIpc) is 3.27. The molecule has 3 aromatic heterocycles. The molecule has 15 heteroatoms. The maximum absolute atomic E-state index is 15.2. The van der Waals surface area contributed by atoms with Crippen LogP contribution in [0.4, 0.5) is 34.0 Å². The second-order valence-corrected chi connectivity index (χ2v) is 10.8. The van der Waals surface area contributed by atoms with E-state index < -0.39 is 37.4 Å². The van der Waals surface area contributed by atoms with Crippen molar-refractivity contribution in [2.24, 2.45) is 5.92 Å². The summed E-state index contributed by atoms with van der Waals surface area (Å²) in [4.78, 5) is 16.9. The molecule has 4 heterocycles. The monoisotopic (exact) mass is 551 g/mol. The van der Waals surface area contributed by atoms with Crippen molar-refractivity contribution in [1.82, 2.24) is 30.1 Å². The van der Waals surface area contributed by atoms with Gasteiger partial charge in [-0.15, -0.1) is 13.2 Å². The number of carbonyl (C=O) groups is 1. The maximum atomic E-state index is 15.2. The number of hydrogen-bond donors (Lipinski definition) is 3. The lowest BCUT2D eigenvalue weighted by molar-refractivity contribution is -0.330. The molecule has 39 heavy (non-hydrogen) atoms. The number of carbonyl (C=O) groups excluding carboxylic acids is 1. The van der Waals surface area contributed by atoms with Crippen LogP contribution in [0.25, 0.3) is 5.52 Å². The fourth-order valence-corrected chi connectivity index (χ4v) is 5.58. The summed E-state index contributed by atoms with van der Waals surface area (Å²) >= 11 is 0. The van der Waals surface area contributed by atoms with Gasteiger partial charge < -0.3 is 20.1 Å². The number of nitrogens with zero attached hydrogens (tertiary/aromatic N) is 4.